The van der Waals surface area contributed by atoms with Crippen LogP contribution in [0, 0.1) is 0 Å². The molecule has 0 spiro atoms. The third-order valence-corrected chi connectivity index (χ3v) is 5.08. The first-order valence-corrected chi connectivity index (χ1v) is 7.70. The summed E-state index contributed by atoms with van der Waals surface area (Å²) in [6.07, 6.45) is 4.80. The van der Waals surface area contributed by atoms with Crippen molar-refractivity contribution in [2.45, 2.75) is 48.3 Å². The predicted octanol–water partition coefficient (Wildman–Crippen LogP) is 2.55. The van der Waals surface area contributed by atoms with Crippen molar-refractivity contribution >= 4 is 17.7 Å². The van der Waals surface area contributed by atoms with E-state index in [1.165, 1.54) is 17.7 Å². The molecule has 0 saturated heterocycles. The lowest BCUT2D eigenvalue weighted by Gasteiger charge is -2.29. The summed E-state index contributed by atoms with van der Waals surface area (Å²) >= 11 is 1.90. The van der Waals surface area contributed by atoms with Gasteiger partial charge in [-0.25, -0.2) is 0 Å². The van der Waals surface area contributed by atoms with Crippen LogP contribution < -0.4 is 11.1 Å². The Kier molecular flexibility index (Phi) is 4.88. The van der Waals surface area contributed by atoms with Crippen LogP contribution in [-0.4, -0.2) is 23.2 Å². The molecule has 1 aromatic rings. The highest BCUT2D eigenvalue weighted by molar-refractivity contribution is 8.00. The fourth-order valence-corrected chi connectivity index (χ4v) is 3.91. The van der Waals surface area contributed by atoms with Crippen LogP contribution in [0.4, 0.5) is 0 Å². The fraction of sp³-hybridized carbons (Fsp3) is 0.533. The number of rotatable bonds is 5. The highest BCUT2D eigenvalue weighted by Gasteiger charge is 2.35. The maximum atomic E-state index is 11.6. The van der Waals surface area contributed by atoms with Crippen LogP contribution in [-0.2, 0) is 4.79 Å². The Morgan fingerprint density at radius 2 is 2.00 bits per heavy atom. The first kappa shape index (κ1) is 14.4. The van der Waals surface area contributed by atoms with Crippen molar-refractivity contribution in [2.24, 2.45) is 5.73 Å². The van der Waals surface area contributed by atoms with Gasteiger partial charge in [-0.3, -0.25) is 4.79 Å². The van der Waals surface area contributed by atoms with Crippen LogP contribution in [0.1, 0.15) is 32.6 Å². The summed E-state index contributed by atoms with van der Waals surface area (Å²) in [5, 5.41) is 3.00. The van der Waals surface area contributed by atoms with E-state index in [9.17, 15) is 4.79 Å². The molecule has 1 amide bonds. The standard InChI is InChI=1S/C15H22N2OS/c1-12(16)14(18)17-11-15(9-5-6-10-15)19-13-7-3-2-4-8-13/h2-4,7-8,12H,5-6,9-11,16H2,1H3,(H,17,18)/t12-/m0/s1. The van der Waals surface area contributed by atoms with Crippen LogP contribution >= 0.6 is 11.8 Å². The summed E-state index contributed by atoms with van der Waals surface area (Å²) in [5.74, 6) is -0.0556. The lowest BCUT2D eigenvalue weighted by molar-refractivity contribution is -0.122. The highest BCUT2D eigenvalue weighted by atomic mass is 32.2. The Morgan fingerprint density at radius 3 is 2.58 bits per heavy atom. The van der Waals surface area contributed by atoms with E-state index in [1.807, 2.05) is 17.8 Å². The van der Waals surface area contributed by atoms with Gasteiger partial charge in [0, 0.05) is 16.2 Å². The highest BCUT2D eigenvalue weighted by Crippen LogP contribution is 2.44. The van der Waals surface area contributed by atoms with Crippen molar-refractivity contribution in [3.8, 4) is 0 Å². The number of nitrogens with two attached hydrogens (primary N) is 1. The van der Waals surface area contributed by atoms with E-state index < -0.39 is 6.04 Å². The van der Waals surface area contributed by atoms with Gasteiger partial charge in [0.2, 0.25) is 5.91 Å². The van der Waals surface area contributed by atoms with Crippen LogP contribution in [0.25, 0.3) is 0 Å². The average molecular weight is 278 g/mol. The minimum atomic E-state index is -0.430. The SMILES string of the molecule is C[C@H](N)C(=O)NCC1(Sc2ccccc2)CCCC1. The molecule has 2 rings (SSSR count). The maximum absolute atomic E-state index is 11.6. The molecule has 1 saturated carbocycles. The van der Waals surface area contributed by atoms with Crippen LogP contribution in [0.2, 0.25) is 0 Å². The van der Waals surface area contributed by atoms with Crippen LogP contribution in [0.3, 0.4) is 0 Å². The molecule has 0 aromatic heterocycles. The molecule has 19 heavy (non-hydrogen) atoms. The zero-order valence-corrected chi connectivity index (χ0v) is 12.2. The summed E-state index contributed by atoms with van der Waals surface area (Å²) < 4.78 is 0.145. The number of carbonyl (C=O) groups excluding carboxylic acids is 1. The first-order chi connectivity index (χ1) is 9.11. The molecule has 3 N–H and O–H groups in total. The van der Waals surface area contributed by atoms with Gasteiger partial charge in [-0.2, -0.15) is 0 Å². The Morgan fingerprint density at radius 1 is 1.37 bits per heavy atom. The summed E-state index contributed by atoms with van der Waals surface area (Å²) in [6.45, 7) is 2.44. The smallest absolute Gasteiger partial charge is 0.236 e. The van der Waals surface area contributed by atoms with E-state index in [0.29, 0.717) is 6.54 Å². The zero-order valence-electron chi connectivity index (χ0n) is 11.4. The Bertz CT molecular complexity index is 413. The van der Waals surface area contributed by atoms with E-state index in [2.05, 4.69) is 29.6 Å². The molecule has 1 aromatic carbocycles. The van der Waals surface area contributed by atoms with Gasteiger partial charge in [0.1, 0.15) is 0 Å². The van der Waals surface area contributed by atoms with Crippen molar-refractivity contribution in [2.75, 3.05) is 6.54 Å². The maximum Gasteiger partial charge on any atom is 0.236 e. The number of benzene rings is 1. The Balaban J connectivity index is 2.00. The predicted molar refractivity (Wildman–Crippen MR) is 80.2 cm³/mol. The molecule has 1 aliphatic rings. The molecule has 0 bridgehead atoms. The molecule has 1 aliphatic carbocycles. The molecule has 4 heteroatoms. The number of hydrogen-bond donors (Lipinski definition) is 2. The molecule has 1 atom stereocenters. The monoisotopic (exact) mass is 278 g/mol. The lowest BCUT2D eigenvalue weighted by atomic mass is 10.1. The molecule has 0 aliphatic heterocycles. The largest absolute Gasteiger partial charge is 0.353 e. The van der Waals surface area contributed by atoms with E-state index in [4.69, 9.17) is 5.73 Å². The Labute approximate surface area is 119 Å². The molecule has 3 nitrogen and oxygen atoms in total. The van der Waals surface area contributed by atoms with Gasteiger partial charge in [0.15, 0.2) is 0 Å². The van der Waals surface area contributed by atoms with Crippen LogP contribution in [0.15, 0.2) is 35.2 Å². The van der Waals surface area contributed by atoms with Crippen LogP contribution in [0.5, 0.6) is 0 Å². The molecular weight excluding hydrogens is 256 g/mol. The number of amides is 1. The van der Waals surface area contributed by atoms with Crippen molar-refractivity contribution in [3.05, 3.63) is 30.3 Å². The Hall–Kier alpha value is -1.00. The summed E-state index contributed by atoms with van der Waals surface area (Å²) in [6, 6.07) is 10.00. The van der Waals surface area contributed by atoms with E-state index in [1.54, 1.807) is 6.92 Å². The third kappa shape index (κ3) is 3.98. The zero-order chi connectivity index (χ0) is 13.7. The molecule has 1 fully saturated rings. The van der Waals surface area contributed by atoms with Crippen molar-refractivity contribution in [1.82, 2.24) is 5.32 Å². The molecule has 0 heterocycles. The fourth-order valence-electron chi connectivity index (χ4n) is 2.48. The van der Waals surface area contributed by atoms with E-state index >= 15 is 0 Å². The van der Waals surface area contributed by atoms with Gasteiger partial charge >= 0.3 is 0 Å². The van der Waals surface area contributed by atoms with Gasteiger partial charge < -0.3 is 11.1 Å². The minimum Gasteiger partial charge on any atom is -0.353 e. The molecule has 0 radical (unpaired) electrons. The second kappa shape index (κ2) is 6.44. The molecule has 0 unspecified atom stereocenters. The lowest BCUT2D eigenvalue weighted by Crippen LogP contribution is -2.44. The van der Waals surface area contributed by atoms with Crippen molar-refractivity contribution < 1.29 is 4.79 Å². The second-order valence-electron chi connectivity index (χ2n) is 5.31. The summed E-state index contributed by atoms with van der Waals surface area (Å²) in [5.41, 5.74) is 5.60. The van der Waals surface area contributed by atoms with Gasteiger partial charge in [-0.05, 0) is 31.9 Å². The average Bonchev–Trinajstić information content (AvgIpc) is 2.86. The van der Waals surface area contributed by atoms with Gasteiger partial charge in [-0.15, -0.1) is 11.8 Å². The quantitative estimate of drug-likeness (QED) is 0.870. The minimum absolute atomic E-state index is 0.0556. The summed E-state index contributed by atoms with van der Waals surface area (Å²) in [4.78, 5) is 12.9. The van der Waals surface area contributed by atoms with Crippen molar-refractivity contribution in [3.63, 3.8) is 0 Å². The number of carbonyl (C=O) groups is 1. The second-order valence-corrected chi connectivity index (χ2v) is 6.85. The van der Waals surface area contributed by atoms with E-state index in [0.717, 1.165) is 12.8 Å². The number of nitrogens with one attached hydrogen (secondary N) is 1. The van der Waals surface area contributed by atoms with Gasteiger partial charge in [0.05, 0.1) is 6.04 Å². The number of hydrogen-bond acceptors (Lipinski definition) is 3. The van der Waals surface area contributed by atoms with E-state index in [-0.39, 0.29) is 10.7 Å². The molecular formula is C15H22N2OS. The summed E-state index contributed by atoms with van der Waals surface area (Å²) in [7, 11) is 0. The number of thioether (sulfide) groups is 1. The molecule has 104 valence electrons. The van der Waals surface area contributed by atoms with Crippen molar-refractivity contribution in [1.29, 1.82) is 0 Å². The topological polar surface area (TPSA) is 55.1 Å². The van der Waals surface area contributed by atoms with Gasteiger partial charge in [-0.1, -0.05) is 31.0 Å². The normalized spacial score (nSPS) is 19.1. The third-order valence-electron chi connectivity index (χ3n) is 3.59. The van der Waals surface area contributed by atoms with Gasteiger partial charge in [0.25, 0.3) is 0 Å². The first-order valence-electron chi connectivity index (χ1n) is 6.89.